The molecule has 0 bridgehead atoms. The van der Waals surface area contributed by atoms with Crippen molar-refractivity contribution in [1.82, 2.24) is 10.2 Å². The molecular weight excluding hydrogens is 164 g/mol. The lowest BCUT2D eigenvalue weighted by Gasteiger charge is -2.23. The van der Waals surface area contributed by atoms with E-state index in [1.54, 1.807) is 0 Å². The first-order valence-electron chi connectivity index (χ1n) is 4.70. The van der Waals surface area contributed by atoms with Crippen LogP contribution in [0.25, 0.3) is 0 Å². The van der Waals surface area contributed by atoms with Gasteiger partial charge in [-0.05, 0) is 21.0 Å². The summed E-state index contributed by atoms with van der Waals surface area (Å²) in [5.41, 5.74) is -0.286. The number of hydrogen-bond acceptors (Lipinski definition) is 2. The quantitative estimate of drug-likeness (QED) is 0.716. The number of hydrogen-bond donors (Lipinski definition) is 1. The number of likely N-dealkylation sites (N-methyl/N-ethyl adjacent to an activating group) is 1. The fourth-order valence-corrected chi connectivity index (χ4v) is 0.688. The van der Waals surface area contributed by atoms with E-state index < -0.39 is 0 Å². The van der Waals surface area contributed by atoms with Crippen molar-refractivity contribution >= 4 is 5.91 Å². The first-order valence-corrected chi connectivity index (χ1v) is 4.70. The van der Waals surface area contributed by atoms with Gasteiger partial charge in [-0.15, -0.1) is 0 Å². The standard InChI is InChI=1S/C10H22N2O/c1-8(12(5)6)7-11-9(13)10(2,3)4/h8H,7H2,1-6H3,(H,11,13). The molecule has 78 valence electrons. The van der Waals surface area contributed by atoms with Crippen LogP contribution in [-0.4, -0.2) is 37.5 Å². The summed E-state index contributed by atoms with van der Waals surface area (Å²) >= 11 is 0. The van der Waals surface area contributed by atoms with Crippen LogP contribution in [0.4, 0.5) is 0 Å². The summed E-state index contributed by atoms with van der Waals surface area (Å²) in [5, 5.41) is 2.92. The minimum Gasteiger partial charge on any atom is -0.354 e. The first-order chi connectivity index (χ1) is 5.75. The molecule has 0 spiro atoms. The molecule has 3 heteroatoms. The maximum Gasteiger partial charge on any atom is 0.225 e. The van der Waals surface area contributed by atoms with Crippen LogP contribution in [0.15, 0.2) is 0 Å². The van der Waals surface area contributed by atoms with Crippen molar-refractivity contribution < 1.29 is 4.79 Å². The Morgan fingerprint density at radius 1 is 1.38 bits per heavy atom. The third kappa shape index (κ3) is 4.88. The third-order valence-electron chi connectivity index (χ3n) is 2.12. The van der Waals surface area contributed by atoms with E-state index in [0.717, 1.165) is 0 Å². The van der Waals surface area contributed by atoms with Gasteiger partial charge in [-0.25, -0.2) is 0 Å². The van der Waals surface area contributed by atoms with Gasteiger partial charge in [-0.3, -0.25) is 4.79 Å². The van der Waals surface area contributed by atoms with E-state index in [-0.39, 0.29) is 11.3 Å². The Kier molecular flexibility index (Phi) is 4.40. The number of carbonyl (C=O) groups is 1. The summed E-state index contributed by atoms with van der Waals surface area (Å²) < 4.78 is 0. The van der Waals surface area contributed by atoms with Crippen LogP contribution >= 0.6 is 0 Å². The van der Waals surface area contributed by atoms with E-state index in [2.05, 4.69) is 17.1 Å². The lowest BCUT2D eigenvalue weighted by Crippen LogP contribution is -2.42. The highest BCUT2D eigenvalue weighted by Gasteiger charge is 2.21. The summed E-state index contributed by atoms with van der Waals surface area (Å²) in [4.78, 5) is 13.5. The second-order valence-electron chi connectivity index (χ2n) is 4.77. The molecule has 0 saturated heterocycles. The highest BCUT2D eigenvalue weighted by Crippen LogP contribution is 2.12. The molecule has 0 aliphatic carbocycles. The van der Waals surface area contributed by atoms with Crippen molar-refractivity contribution in [1.29, 1.82) is 0 Å². The average molecular weight is 186 g/mol. The monoisotopic (exact) mass is 186 g/mol. The molecule has 0 aromatic rings. The maximum atomic E-state index is 11.5. The highest BCUT2D eigenvalue weighted by atomic mass is 16.2. The number of amides is 1. The fraction of sp³-hybridized carbons (Fsp3) is 0.900. The van der Waals surface area contributed by atoms with Crippen molar-refractivity contribution in [2.45, 2.75) is 33.7 Å². The minimum atomic E-state index is -0.286. The van der Waals surface area contributed by atoms with Crippen molar-refractivity contribution in [2.24, 2.45) is 5.41 Å². The predicted molar refractivity (Wildman–Crippen MR) is 55.6 cm³/mol. The number of nitrogens with zero attached hydrogens (tertiary/aromatic N) is 1. The molecule has 0 aromatic heterocycles. The number of carbonyl (C=O) groups excluding carboxylic acids is 1. The van der Waals surface area contributed by atoms with Crippen LogP contribution < -0.4 is 5.32 Å². The zero-order valence-corrected chi connectivity index (χ0v) is 9.64. The molecular formula is C10H22N2O. The topological polar surface area (TPSA) is 32.3 Å². The predicted octanol–water partition coefficient (Wildman–Crippen LogP) is 1.10. The lowest BCUT2D eigenvalue weighted by molar-refractivity contribution is -0.128. The zero-order valence-electron chi connectivity index (χ0n) is 9.64. The summed E-state index contributed by atoms with van der Waals surface area (Å²) in [7, 11) is 4.02. The van der Waals surface area contributed by atoms with Gasteiger partial charge in [0.1, 0.15) is 0 Å². The summed E-state index contributed by atoms with van der Waals surface area (Å²) in [6.45, 7) is 8.56. The van der Waals surface area contributed by atoms with Gasteiger partial charge >= 0.3 is 0 Å². The van der Waals surface area contributed by atoms with Gasteiger partial charge < -0.3 is 10.2 Å². The Balaban J connectivity index is 3.84. The summed E-state index contributed by atoms with van der Waals surface area (Å²) in [6.07, 6.45) is 0. The van der Waals surface area contributed by atoms with E-state index in [4.69, 9.17) is 0 Å². The molecule has 0 aliphatic rings. The van der Waals surface area contributed by atoms with Gasteiger partial charge in [0.2, 0.25) is 5.91 Å². The van der Waals surface area contributed by atoms with Crippen LogP contribution in [0, 0.1) is 5.41 Å². The van der Waals surface area contributed by atoms with Crippen LogP contribution in [0.2, 0.25) is 0 Å². The second kappa shape index (κ2) is 4.61. The maximum absolute atomic E-state index is 11.5. The molecule has 0 radical (unpaired) electrons. The fourth-order valence-electron chi connectivity index (χ4n) is 0.688. The normalized spacial score (nSPS) is 14.4. The Bertz CT molecular complexity index is 170. The SMILES string of the molecule is CC(CNC(=O)C(C)(C)C)N(C)C. The molecule has 3 nitrogen and oxygen atoms in total. The molecule has 1 amide bonds. The molecule has 0 aromatic carbocycles. The second-order valence-corrected chi connectivity index (χ2v) is 4.77. The molecule has 0 fully saturated rings. The molecule has 0 aliphatic heterocycles. The molecule has 13 heavy (non-hydrogen) atoms. The van der Waals surface area contributed by atoms with Gasteiger partial charge in [-0.1, -0.05) is 20.8 Å². The third-order valence-corrected chi connectivity index (χ3v) is 2.12. The smallest absolute Gasteiger partial charge is 0.225 e. The Morgan fingerprint density at radius 2 is 1.85 bits per heavy atom. The van der Waals surface area contributed by atoms with Crippen LogP contribution in [0.5, 0.6) is 0 Å². The Morgan fingerprint density at radius 3 is 2.15 bits per heavy atom. The van der Waals surface area contributed by atoms with Gasteiger partial charge in [0.25, 0.3) is 0 Å². The van der Waals surface area contributed by atoms with Crippen LogP contribution in [0.1, 0.15) is 27.7 Å². The van der Waals surface area contributed by atoms with Crippen molar-refractivity contribution in [3.8, 4) is 0 Å². The van der Waals surface area contributed by atoms with Crippen LogP contribution in [-0.2, 0) is 4.79 Å². The summed E-state index contributed by atoms with van der Waals surface area (Å²) in [6, 6.07) is 0.381. The molecule has 1 atom stereocenters. The Hall–Kier alpha value is -0.570. The molecule has 1 unspecified atom stereocenters. The number of rotatable bonds is 3. The molecule has 1 N–H and O–H groups in total. The van der Waals surface area contributed by atoms with Gasteiger partial charge in [-0.2, -0.15) is 0 Å². The van der Waals surface area contributed by atoms with E-state index in [1.165, 1.54) is 0 Å². The molecule has 0 heterocycles. The van der Waals surface area contributed by atoms with E-state index in [9.17, 15) is 4.79 Å². The van der Waals surface area contributed by atoms with E-state index >= 15 is 0 Å². The van der Waals surface area contributed by atoms with Gasteiger partial charge in [0.05, 0.1) is 0 Å². The van der Waals surface area contributed by atoms with Crippen LogP contribution in [0.3, 0.4) is 0 Å². The van der Waals surface area contributed by atoms with Gasteiger partial charge in [0.15, 0.2) is 0 Å². The average Bonchev–Trinajstić information content (AvgIpc) is 1.97. The molecule has 0 saturated carbocycles. The van der Waals surface area contributed by atoms with Crippen molar-refractivity contribution in [3.05, 3.63) is 0 Å². The zero-order chi connectivity index (χ0) is 10.6. The lowest BCUT2D eigenvalue weighted by atomic mass is 9.95. The van der Waals surface area contributed by atoms with Crippen molar-refractivity contribution in [2.75, 3.05) is 20.6 Å². The number of nitrogens with one attached hydrogen (secondary N) is 1. The van der Waals surface area contributed by atoms with Crippen molar-refractivity contribution in [3.63, 3.8) is 0 Å². The first kappa shape index (κ1) is 12.4. The largest absolute Gasteiger partial charge is 0.354 e. The van der Waals surface area contributed by atoms with E-state index in [1.807, 2.05) is 34.9 Å². The van der Waals surface area contributed by atoms with E-state index in [0.29, 0.717) is 12.6 Å². The minimum absolute atomic E-state index is 0.112. The summed E-state index contributed by atoms with van der Waals surface area (Å²) in [5.74, 6) is 0.112. The Labute approximate surface area is 81.5 Å². The highest BCUT2D eigenvalue weighted by molar-refractivity contribution is 5.81. The van der Waals surface area contributed by atoms with Gasteiger partial charge in [0, 0.05) is 18.0 Å². The molecule has 0 rings (SSSR count).